The van der Waals surface area contributed by atoms with Gasteiger partial charge in [-0.15, -0.1) is 0 Å². The van der Waals surface area contributed by atoms with Gasteiger partial charge in [-0.05, 0) is 32.8 Å². The smallest absolute Gasteiger partial charge is 0.0625 e. The number of nitrogens with one attached hydrogen (secondary N) is 1. The number of H-pyrrole nitrogens is 1. The molecule has 0 unspecified atom stereocenters. The molecule has 0 atom stereocenters. The average Bonchev–Trinajstić information content (AvgIpc) is 2.12. The van der Waals surface area contributed by atoms with Crippen LogP contribution in [0.3, 0.4) is 0 Å². The third kappa shape index (κ3) is 0.969. The lowest BCUT2D eigenvalue weighted by Crippen LogP contribution is -1.82. The average molecular weight is 123 g/mol. The summed E-state index contributed by atoms with van der Waals surface area (Å²) in [5.41, 5.74) is 3.46. The first-order chi connectivity index (χ1) is 4.25. The fourth-order valence-electron chi connectivity index (χ4n) is 0.942. The van der Waals surface area contributed by atoms with Gasteiger partial charge in [0.2, 0.25) is 0 Å². The van der Waals surface area contributed by atoms with Crippen LogP contribution in [0.1, 0.15) is 17.0 Å². The van der Waals surface area contributed by atoms with E-state index < -0.39 is 0 Å². The molecule has 0 saturated carbocycles. The SMILES string of the molecule is [CH2]Cc1c(C)n[nH]c1C. The van der Waals surface area contributed by atoms with Crippen LogP contribution in [0.4, 0.5) is 0 Å². The van der Waals surface area contributed by atoms with Crippen molar-refractivity contribution in [3.63, 3.8) is 0 Å². The second kappa shape index (κ2) is 2.21. The van der Waals surface area contributed by atoms with E-state index in [1.165, 1.54) is 5.56 Å². The number of aromatic amines is 1. The molecule has 0 aliphatic carbocycles. The van der Waals surface area contributed by atoms with Crippen molar-refractivity contribution in [2.45, 2.75) is 20.3 Å². The molecule has 49 valence electrons. The van der Waals surface area contributed by atoms with Gasteiger partial charge in [-0.25, -0.2) is 0 Å². The lowest BCUT2D eigenvalue weighted by Gasteiger charge is -1.90. The van der Waals surface area contributed by atoms with Gasteiger partial charge >= 0.3 is 0 Å². The first-order valence-electron chi connectivity index (χ1n) is 3.05. The van der Waals surface area contributed by atoms with Gasteiger partial charge in [-0.1, -0.05) is 0 Å². The minimum atomic E-state index is 0.828. The van der Waals surface area contributed by atoms with E-state index in [0.29, 0.717) is 0 Å². The Balaban J connectivity index is 3.07. The Hall–Kier alpha value is -0.790. The lowest BCUT2D eigenvalue weighted by atomic mass is 10.1. The summed E-state index contributed by atoms with van der Waals surface area (Å²) in [5, 5.41) is 6.92. The Morgan fingerprint density at radius 3 is 2.44 bits per heavy atom. The Morgan fingerprint density at radius 1 is 1.56 bits per heavy atom. The zero-order chi connectivity index (χ0) is 6.85. The van der Waals surface area contributed by atoms with Gasteiger partial charge in [0.15, 0.2) is 0 Å². The Morgan fingerprint density at radius 2 is 2.22 bits per heavy atom. The van der Waals surface area contributed by atoms with E-state index in [9.17, 15) is 0 Å². The van der Waals surface area contributed by atoms with Crippen LogP contribution in [-0.2, 0) is 6.42 Å². The molecule has 0 saturated heterocycles. The van der Waals surface area contributed by atoms with Crippen molar-refractivity contribution in [1.29, 1.82) is 0 Å². The zero-order valence-corrected chi connectivity index (χ0v) is 5.86. The van der Waals surface area contributed by atoms with Crippen LogP contribution < -0.4 is 0 Å². The molecule has 0 amide bonds. The van der Waals surface area contributed by atoms with Crippen molar-refractivity contribution < 1.29 is 0 Å². The van der Waals surface area contributed by atoms with Gasteiger partial charge in [-0.3, -0.25) is 5.10 Å². The highest BCUT2D eigenvalue weighted by Crippen LogP contribution is 2.08. The van der Waals surface area contributed by atoms with E-state index in [2.05, 4.69) is 17.1 Å². The van der Waals surface area contributed by atoms with Crippen molar-refractivity contribution in [2.24, 2.45) is 0 Å². The number of rotatable bonds is 1. The van der Waals surface area contributed by atoms with E-state index in [4.69, 9.17) is 0 Å². The summed E-state index contributed by atoms with van der Waals surface area (Å²) in [7, 11) is 0. The van der Waals surface area contributed by atoms with E-state index in [1.54, 1.807) is 0 Å². The number of nitrogens with zero attached hydrogens (tertiary/aromatic N) is 1. The van der Waals surface area contributed by atoms with Crippen molar-refractivity contribution in [1.82, 2.24) is 10.2 Å². The molecule has 0 spiro atoms. The summed E-state index contributed by atoms with van der Waals surface area (Å²) in [5.74, 6) is 0. The molecule has 0 aliphatic heterocycles. The van der Waals surface area contributed by atoms with Gasteiger partial charge in [0, 0.05) is 5.69 Å². The van der Waals surface area contributed by atoms with Crippen LogP contribution in [0.25, 0.3) is 0 Å². The summed E-state index contributed by atoms with van der Waals surface area (Å²) >= 11 is 0. The third-order valence-corrected chi connectivity index (χ3v) is 1.53. The Labute approximate surface area is 55.3 Å². The van der Waals surface area contributed by atoms with Crippen molar-refractivity contribution >= 4 is 0 Å². The van der Waals surface area contributed by atoms with Crippen LogP contribution in [0.2, 0.25) is 0 Å². The molecule has 0 fully saturated rings. The van der Waals surface area contributed by atoms with E-state index in [-0.39, 0.29) is 0 Å². The van der Waals surface area contributed by atoms with Crippen molar-refractivity contribution in [3.05, 3.63) is 23.9 Å². The summed E-state index contributed by atoms with van der Waals surface area (Å²) in [6.07, 6.45) is 0.828. The first kappa shape index (κ1) is 6.33. The fraction of sp³-hybridized carbons (Fsp3) is 0.429. The maximum absolute atomic E-state index is 4.02. The Bertz CT molecular complexity index is 181. The van der Waals surface area contributed by atoms with Crippen molar-refractivity contribution in [3.8, 4) is 0 Å². The highest BCUT2D eigenvalue weighted by Gasteiger charge is 2.00. The molecule has 2 nitrogen and oxygen atoms in total. The van der Waals surface area contributed by atoms with Gasteiger partial charge in [0.1, 0.15) is 0 Å². The highest BCUT2D eigenvalue weighted by atomic mass is 15.1. The molecule has 9 heavy (non-hydrogen) atoms. The molecule has 0 aliphatic rings. The number of hydrogen-bond acceptors (Lipinski definition) is 1. The summed E-state index contributed by atoms with van der Waals surface area (Å²) < 4.78 is 0. The van der Waals surface area contributed by atoms with E-state index in [1.807, 2.05) is 13.8 Å². The molecular weight excluding hydrogens is 112 g/mol. The minimum absolute atomic E-state index is 0.828. The largest absolute Gasteiger partial charge is 0.282 e. The van der Waals surface area contributed by atoms with Crippen molar-refractivity contribution in [2.75, 3.05) is 0 Å². The third-order valence-electron chi connectivity index (χ3n) is 1.53. The first-order valence-corrected chi connectivity index (χ1v) is 3.05. The molecule has 0 aromatic carbocycles. The lowest BCUT2D eigenvalue weighted by molar-refractivity contribution is 1.02. The molecule has 1 aromatic heterocycles. The maximum atomic E-state index is 4.02. The van der Waals surface area contributed by atoms with Crippen LogP contribution in [0.15, 0.2) is 0 Å². The van der Waals surface area contributed by atoms with Gasteiger partial charge in [-0.2, -0.15) is 5.10 Å². The van der Waals surface area contributed by atoms with E-state index >= 15 is 0 Å². The molecule has 1 N–H and O–H groups in total. The summed E-state index contributed by atoms with van der Waals surface area (Å²) in [4.78, 5) is 0. The monoisotopic (exact) mass is 123 g/mol. The topological polar surface area (TPSA) is 28.7 Å². The van der Waals surface area contributed by atoms with Crippen LogP contribution in [0, 0.1) is 20.8 Å². The van der Waals surface area contributed by atoms with Crippen LogP contribution in [0.5, 0.6) is 0 Å². The van der Waals surface area contributed by atoms with Gasteiger partial charge in [0.05, 0.1) is 5.69 Å². The minimum Gasteiger partial charge on any atom is -0.282 e. The second-order valence-electron chi connectivity index (χ2n) is 2.16. The van der Waals surface area contributed by atoms with Crippen LogP contribution in [-0.4, -0.2) is 10.2 Å². The summed E-state index contributed by atoms with van der Waals surface area (Å²) in [6, 6.07) is 0. The molecular formula is C7H11N2. The predicted molar refractivity (Wildman–Crippen MR) is 37.1 cm³/mol. The number of hydrogen-bond donors (Lipinski definition) is 1. The second-order valence-corrected chi connectivity index (χ2v) is 2.16. The maximum Gasteiger partial charge on any atom is 0.0625 e. The highest BCUT2D eigenvalue weighted by molar-refractivity contribution is 5.23. The van der Waals surface area contributed by atoms with Crippen LogP contribution >= 0.6 is 0 Å². The molecule has 1 rings (SSSR count). The molecule has 2 heteroatoms. The van der Waals surface area contributed by atoms with E-state index in [0.717, 1.165) is 17.8 Å². The quantitative estimate of drug-likeness (QED) is 0.600. The fourth-order valence-corrected chi connectivity index (χ4v) is 0.942. The molecule has 1 aromatic rings. The predicted octanol–water partition coefficient (Wildman–Crippen LogP) is 1.40. The zero-order valence-electron chi connectivity index (χ0n) is 5.86. The molecule has 1 heterocycles. The summed E-state index contributed by atoms with van der Waals surface area (Å²) in [6.45, 7) is 7.79. The molecule has 1 radical (unpaired) electrons. The standard InChI is InChI=1S/C7H11N2/c1-4-7-5(2)8-9-6(7)3/h1,4H2,2-3H3,(H,8,9). The number of aromatic nitrogens is 2. The van der Waals surface area contributed by atoms with Gasteiger partial charge < -0.3 is 0 Å². The molecule has 0 bridgehead atoms. The Kier molecular flexibility index (Phi) is 1.56. The van der Waals surface area contributed by atoms with Gasteiger partial charge in [0.25, 0.3) is 0 Å². The normalized spacial score (nSPS) is 10.1. The number of aryl methyl sites for hydroxylation is 2.